The van der Waals surface area contributed by atoms with E-state index in [0.29, 0.717) is 6.54 Å². The number of aliphatic hydroxyl groups excluding tert-OH is 1. The van der Waals surface area contributed by atoms with Crippen LogP contribution in [0.5, 0.6) is 5.75 Å². The lowest BCUT2D eigenvalue weighted by Crippen LogP contribution is -2.46. The lowest BCUT2D eigenvalue weighted by atomic mass is 10.1. The van der Waals surface area contributed by atoms with Gasteiger partial charge in [-0.25, -0.2) is 0 Å². The molecule has 0 unspecified atom stereocenters. The van der Waals surface area contributed by atoms with E-state index in [1.165, 1.54) is 11.1 Å². The van der Waals surface area contributed by atoms with Gasteiger partial charge in [0.2, 0.25) is 0 Å². The number of hydrogen-bond donors (Lipinski definition) is 4. The van der Waals surface area contributed by atoms with Crippen molar-refractivity contribution < 1.29 is 27.4 Å². The summed E-state index contributed by atoms with van der Waals surface area (Å²) in [6.45, 7) is 5.68. The predicted octanol–water partition coefficient (Wildman–Crippen LogP) is 0.752. The van der Waals surface area contributed by atoms with Gasteiger partial charge in [-0.05, 0) is 50.1 Å². The van der Waals surface area contributed by atoms with Crippen LogP contribution in [0.4, 0.5) is 0 Å². The van der Waals surface area contributed by atoms with E-state index in [1.54, 1.807) is 0 Å². The van der Waals surface area contributed by atoms with E-state index >= 15 is 0 Å². The molecule has 21 heavy (non-hydrogen) atoms. The average molecular weight is 319 g/mol. The van der Waals surface area contributed by atoms with Gasteiger partial charge in [0.15, 0.2) is 0 Å². The maximum atomic E-state index is 9.77. The molecule has 1 heterocycles. The van der Waals surface area contributed by atoms with Crippen LogP contribution in [0.2, 0.25) is 0 Å². The van der Waals surface area contributed by atoms with Crippen LogP contribution in [-0.4, -0.2) is 47.9 Å². The Morgan fingerprint density at radius 2 is 1.86 bits per heavy atom. The first-order valence-electron chi connectivity index (χ1n) is 6.49. The summed E-state index contributed by atoms with van der Waals surface area (Å²) in [5.41, 5.74) is 2.49. The van der Waals surface area contributed by atoms with Gasteiger partial charge in [-0.2, -0.15) is 8.42 Å². The molecule has 1 aliphatic rings. The van der Waals surface area contributed by atoms with Crippen LogP contribution >= 0.6 is 0 Å². The first-order valence-corrected chi connectivity index (χ1v) is 7.89. The first-order chi connectivity index (χ1) is 9.66. The Labute approximate surface area is 124 Å². The summed E-state index contributed by atoms with van der Waals surface area (Å²) in [7, 11) is -4.67. The number of ether oxygens (including phenoxy) is 1. The Balaban J connectivity index is 0.000000383. The second kappa shape index (κ2) is 7.71. The minimum absolute atomic E-state index is 0.0802. The molecule has 0 spiro atoms. The molecule has 1 fully saturated rings. The van der Waals surface area contributed by atoms with Gasteiger partial charge in [0.1, 0.15) is 18.0 Å². The Morgan fingerprint density at radius 1 is 1.24 bits per heavy atom. The molecular formula is C13H21NO6S. The zero-order chi connectivity index (χ0) is 16.0. The highest BCUT2D eigenvalue weighted by Crippen LogP contribution is 2.20. The number of hydrogen-bond acceptors (Lipinski definition) is 5. The number of nitrogens with one attached hydrogen (secondary N) is 1. The molecule has 2 atom stereocenters. The van der Waals surface area contributed by atoms with Crippen molar-refractivity contribution in [1.82, 2.24) is 5.32 Å². The summed E-state index contributed by atoms with van der Waals surface area (Å²) in [5.74, 6) is 0.856. The van der Waals surface area contributed by atoms with Crippen molar-refractivity contribution in [3.63, 3.8) is 0 Å². The highest BCUT2D eigenvalue weighted by Gasteiger charge is 2.24. The van der Waals surface area contributed by atoms with E-state index in [4.69, 9.17) is 22.3 Å². The second-order valence-electron chi connectivity index (χ2n) is 4.91. The van der Waals surface area contributed by atoms with Crippen molar-refractivity contribution >= 4 is 10.4 Å². The molecule has 2 rings (SSSR count). The smallest absolute Gasteiger partial charge is 0.394 e. The maximum absolute atomic E-state index is 9.77. The van der Waals surface area contributed by atoms with Gasteiger partial charge in [-0.3, -0.25) is 9.11 Å². The molecule has 1 aliphatic heterocycles. The fourth-order valence-corrected chi connectivity index (χ4v) is 1.92. The van der Waals surface area contributed by atoms with Crippen LogP contribution < -0.4 is 10.1 Å². The molecule has 4 N–H and O–H groups in total. The molecule has 1 aromatic rings. The van der Waals surface area contributed by atoms with Crippen LogP contribution in [0.15, 0.2) is 18.2 Å². The van der Waals surface area contributed by atoms with Gasteiger partial charge in [0, 0.05) is 6.54 Å². The molecule has 0 aromatic heterocycles. The van der Waals surface area contributed by atoms with Crippen molar-refractivity contribution in [1.29, 1.82) is 0 Å². The van der Waals surface area contributed by atoms with E-state index in [0.717, 1.165) is 18.7 Å². The Hall–Kier alpha value is -1.19. The van der Waals surface area contributed by atoms with Crippen molar-refractivity contribution in [3.05, 3.63) is 29.3 Å². The zero-order valence-corrected chi connectivity index (χ0v) is 12.8. The third kappa shape index (κ3) is 7.39. The van der Waals surface area contributed by atoms with Crippen LogP contribution in [0.3, 0.4) is 0 Å². The lowest BCUT2D eigenvalue weighted by Gasteiger charge is -2.29. The minimum atomic E-state index is -4.67. The van der Waals surface area contributed by atoms with Crippen LogP contribution in [-0.2, 0) is 10.4 Å². The van der Waals surface area contributed by atoms with Gasteiger partial charge < -0.3 is 15.2 Å². The molecule has 1 saturated heterocycles. The standard InChI is InChI=1S/C13H19NO2.H2O4S/c1-9-3-4-11(7-10(9)2)16-13-5-6-14-8-12(13)15;1-5(2,3)4/h3-4,7,12-15H,5-6,8H2,1-2H3;(H2,1,2,3,4)/t12-,13+;/m1./s1. The number of benzene rings is 1. The Morgan fingerprint density at radius 3 is 2.38 bits per heavy atom. The number of β-amino-alcohol motifs (C(OH)–C–C–N with tert-alkyl or cyclic N) is 1. The molecule has 0 amide bonds. The number of rotatable bonds is 2. The molecular weight excluding hydrogens is 298 g/mol. The van der Waals surface area contributed by atoms with Crippen LogP contribution in [0.25, 0.3) is 0 Å². The molecule has 7 nitrogen and oxygen atoms in total. The second-order valence-corrected chi connectivity index (χ2v) is 5.81. The van der Waals surface area contributed by atoms with E-state index < -0.39 is 16.5 Å². The zero-order valence-electron chi connectivity index (χ0n) is 12.0. The molecule has 1 aromatic carbocycles. The Kier molecular flexibility index (Phi) is 6.56. The monoisotopic (exact) mass is 319 g/mol. The summed E-state index contributed by atoms with van der Waals surface area (Å²) in [5, 5.41) is 12.9. The summed E-state index contributed by atoms with van der Waals surface area (Å²) in [6.07, 6.45) is 0.368. The van der Waals surface area contributed by atoms with Gasteiger partial charge in [-0.15, -0.1) is 0 Å². The largest absolute Gasteiger partial charge is 0.488 e. The first kappa shape index (κ1) is 17.9. The van der Waals surface area contributed by atoms with Crippen molar-refractivity contribution in [2.24, 2.45) is 0 Å². The number of aryl methyl sites for hydroxylation is 2. The van der Waals surface area contributed by atoms with Gasteiger partial charge in [0.25, 0.3) is 0 Å². The molecule has 8 heteroatoms. The quantitative estimate of drug-likeness (QED) is 0.594. The molecule has 0 bridgehead atoms. The summed E-state index contributed by atoms with van der Waals surface area (Å²) < 4.78 is 37.4. The fraction of sp³-hybridized carbons (Fsp3) is 0.538. The average Bonchev–Trinajstić information content (AvgIpc) is 2.35. The summed E-state index contributed by atoms with van der Waals surface area (Å²) >= 11 is 0. The number of aliphatic hydroxyl groups is 1. The highest BCUT2D eigenvalue weighted by molar-refractivity contribution is 7.79. The normalized spacial score (nSPS) is 22.1. The van der Waals surface area contributed by atoms with Gasteiger partial charge in [0.05, 0.1) is 0 Å². The minimum Gasteiger partial charge on any atom is -0.488 e. The SMILES string of the molecule is Cc1ccc(O[C@H]2CCNC[C@H]2O)cc1C.O=S(=O)(O)O. The summed E-state index contributed by atoms with van der Waals surface area (Å²) in [6, 6.07) is 6.05. The van der Waals surface area contributed by atoms with E-state index in [9.17, 15) is 5.11 Å². The van der Waals surface area contributed by atoms with Crippen LogP contribution in [0.1, 0.15) is 17.5 Å². The third-order valence-electron chi connectivity index (χ3n) is 3.15. The topological polar surface area (TPSA) is 116 Å². The molecule has 0 saturated carbocycles. The molecule has 120 valence electrons. The molecule has 0 radical (unpaired) electrons. The van der Waals surface area contributed by atoms with Gasteiger partial charge in [-0.1, -0.05) is 6.07 Å². The van der Waals surface area contributed by atoms with Gasteiger partial charge >= 0.3 is 10.4 Å². The summed E-state index contributed by atoms with van der Waals surface area (Å²) in [4.78, 5) is 0. The lowest BCUT2D eigenvalue weighted by molar-refractivity contribution is 0.0162. The third-order valence-corrected chi connectivity index (χ3v) is 3.15. The predicted molar refractivity (Wildman–Crippen MR) is 78.0 cm³/mol. The maximum Gasteiger partial charge on any atom is 0.394 e. The van der Waals surface area contributed by atoms with Crippen molar-refractivity contribution in [2.45, 2.75) is 32.5 Å². The Bertz CT molecular complexity index is 552. The highest BCUT2D eigenvalue weighted by atomic mass is 32.3. The van der Waals surface area contributed by atoms with E-state index in [-0.39, 0.29) is 6.10 Å². The van der Waals surface area contributed by atoms with Crippen molar-refractivity contribution in [3.8, 4) is 5.75 Å². The molecule has 0 aliphatic carbocycles. The van der Waals surface area contributed by atoms with Crippen LogP contribution in [0, 0.1) is 13.8 Å². The number of piperidine rings is 1. The van der Waals surface area contributed by atoms with E-state index in [1.807, 2.05) is 12.1 Å². The fourth-order valence-electron chi connectivity index (χ4n) is 1.92. The van der Waals surface area contributed by atoms with Crippen molar-refractivity contribution in [2.75, 3.05) is 13.1 Å². The van der Waals surface area contributed by atoms with E-state index in [2.05, 4.69) is 25.2 Å².